The summed E-state index contributed by atoms with van der Waals surface area (Å²) in [5, 5.41) is 10.8. The molecule has 10 heteroatoms. The molecular weight excluding hydrogens is 682 g/mol. The second-order valence-electron chi connectivity index (χ2n) is 10.8. The molecule has 0 saturated carbocycles. The van der Waals surface area contributed by atoms with Gasteiger partial charge in [-0.15, -0.1) is 12.1 Å². The van der Waals surface area contributed by atoms with E-state index >= 15 is 0 Å². The third kappa shape index (κ3) is 6.14. The van der Waals surface area contributed by atoms with Crippen LogP contribution in [0.25, 0.3) is 22.6 Å². The van der Waals surface area contributed by atoms with Crippen LogP contribution in [0.15, 0.2) is 36.7 Å². The Labute approximate surface area is 237 Å². The average molecular weight is 710 g/mol. The van der Waals surface area contributed by atoms with E-state index in [4.69, 9.17) is 15.2 Å². The molecule has 6 nitrogen and oxygen atoms in total. The van der Waals surface area contributed by atoms with E-state index in [1.807, 2.05) is 24.4 Å². The molecule has 4 rings (SSSR count). The van der Waals surface area contributed by atoms with E-state index < -0.39 is 25.3 Å². The van der Waals surface area contributed by atoms with Crippen molar-refractivity contribution >= 4 is 18.7 Å². The summed E-state index contributed by atoms with van der Waals surface area (Å²) in [6.45, 7) is 10.8. The van der Waals surface area contributed by atoms with Crippen LogP contribution >= 0.6 is 0 Å². The van der Waals surface area contributed by atoms with E-state index in [1.54, 1.807) is 23.9 Å². The minimum absolute atomic E-state index is 0. The van der Waals surface area contributed by atoms with Crippen LogP contribution in [0.2, 0.25) is 13.1 Å². The standard InChI is InChI=1S/C28H28F2N6Si.Pt/c1-28(2,3)13-12-23-32-15-18(16-33-23)22-8-7-9-24(34-22)37(5,6)25-17-36(4)27(35-25)19-10-11-21(29)20(14-31)26(19)30;/h7-9,11,15,17H,12-13H2,1-6H3;/q-2;+2. The Morgan fingerprint density at radius 3 is 2.50 bits per heavy atom. The molecule has 3 heterocycles. The van der Waals surface area contributed by atoms with E-state index in [1.165, 1.54) is 0 Å². The Hall–Kier alpha value is -3.08. The predicted molar refractivity (Wildman–Crippen MR) is 141 cm³/mol. The van der Waals surface area contributed by atoms with Crippen molar-refractivity contribution in [2.75, 3.05) is 0 Å². The van der Waals surface area contributed by atoms with Gasteiger partial charge in [0.1, 0.15) is 0 Å². The van der Waals surface area contributed by atoms with Gasteiger partial charge in [-0.3, -0.25) is 13.8 Å². The van der Waals surface area contributed by atoms with Crippen LogP contribution in [0.1, 0.15) is 38.6 Å². The first-order valence-electron chi connectivity index (χ1n) is 12.0. The molecule has 0 bridgehead atoms. The number of benzene rings is 1. The summed E-state index contributed by atoms with van der Waals surface area (Å²) < 4.78 is 30.3. The zero-order chi connectivity index (χ0) is 27.0. The summed E-state index contributed by atoms with van der Waals surface area (Å²) in [5.41, 5.74) is 0.939. The number of halogens is 2. The fourth-order valence-electron chi connectivity index (χ4n) is 3.88. The Morgan fingerprint density at radius 2 is 1.87 bits per heavy atom. The molecule has 4 aromatic rings. The van der Waals surface area contributed by atoms with Gasteiger partial charge in [0.2, 0.25) is 0 Å². The zero-order valence-corrected chi connectivity index (χ0v) is 25.4. The quantitative estimate of drug-likeness (QED) is 0.218. The predicted octanol–water partition coefficient (Wildman–Crippen LogP) is 4.49. The molecule has 1 aromatic carbocycles. The molecule has 0 aliphatic heterocycles. The van der Waals surface area contributed by atoms with Gasteiger partial charge in [0.25, 0.3) is 0 Å². The molecule has 0 radical (unpaired) electrons. The van der Waals surface area contributed by atoms with Crippen molar-refractivity contribution in [2.24, 2.45) is 12.5 Å². The summed E-state index contributed by atoms with van der Waals surface area (Å²) >= 11 is 0. The van der Waals surface area contributed by atoms with Crippen molar-refractivity contribution in [2.45, 2.75) is 46.7 Å². The number of hydrogen-bond donors (Lipinski definition) is 0. The molecular formula is C28H28F2N6PtSi. The van der Waals surface area contributed by atoms with Crippen LogP contribution in [-0.2, 0) is 34.5 Å². The number of nitriles is 1. The van der Waals surface area contributed by atoms with Crippen molar-refractivity contribution in [1.29, 1.82) is 5.26 Å². The summed E-state index contributed by atoms with van der Waals surface area (Å²) in [7, 11) is -0.699. The Balaban J connectivity index is 0.00000400. The number of pyridine rings is 1. The molecule has 0 fully saturated rings. The topological polar surface area (TPSA) is 80.3 Å². The first-order valence-corrected chi connectivity index (χ1v) is 15.0. The molecule has 0 amide bonds. The number of rotatable bonds is 6. The first kappa shape index (κ1) is 29.5. The van der Waals surface area contributed by atoms with Gasteiger partial charge in [-0.25, -0.2) is 0 Å². The van der Waals surface area contributed by atoms with Gasteiger partial charge in [-0.2, -0.15) is 5.26 Å². The smallest absolute Gasteiger partial charge is 0.373 e. The van der Waals surface area contributed by atoms with Gasteiger partial charge >= 0.3 is 21.1 Å². The molecule has 0 N–H and O–H groups in total. The van der Waals surface area contributed by atoms with Crippen molar-refractivity contribution in [3.8, 4) is 28.7 Å². The van der Waals surface area contributed by atoms with E-state index in [0.29, 0.717) is 11.3 Å². The summed E-state index contributed by atoms with van der Waals surface area (Å²) in [6.07, 6.45) is 8.44. The van der Waals surface area contributed by atoms with Gasteiger partial charge in [-0.05, 0) is 36.2 Å². The fraction of sp³-hybridized carbons (Fsp3) is 0.321. The monoisotopic (exact) mass is 709 g/mol. The third-order valence-electron chi connectivity index (χ3n) is 6.29. The van der Waals surface area contributed by atoms with Crippen molar-refractivity contribution in [3.05, 3.63) is 71.9 Å². The second-order valence-corrected chi connectivity index (χ2v) is 15.1. The van der Waals surface area contributed by atoms with Gasteiger partial charge < -0.3 is 19.5 Å². The minimum atomic E-state index is -2.43. The van der Waals surface area contributed by atoms with Crippen LogP contribution in [0, 0.1) is 40.6 Å². The van der Waals surface area contributed by atoms with Crippen LogP contribution in [0.5, 0.6) is 0 Å². The SMILES string of the molecule is Cn1cc([Si](C)(C)c2cccc(-c3[c-]nc(CCC(C)(C)C)nc3)n2)nc1-c1[c-]cc(F)c(C#N)c1F.[Pt+2]. The number of imidazole rings is 1. The minimum Gasteiger partial charge on any atom is -0.373 e. The maximum atomic E-state index is 14.8. The second kappa shape index (κ2) is 11.3. The van der Waals surface area contributed by atoms with E-state index in [-0.39, 0.29) is 37.9 Å². The van der Waals surface area contributed by atoms with Crippen molar-refractivity contribution in [3.63, 3.8) is 0 Å². The Bertz CT molecular complexity index is 1490. The number of aryl methyl sites for hydroxylation is 2. The van der Waals surface area contributed by atoms with Crippen molar-refractivity contribution < 1.29 is 29.8 Å². The van der Waals surface area contributed by atoms with Gasteiger partial charge in [-0.1, -0.05) is 63.3 Å². The third-order valence-corrected chi connectivity index (χ3v) is 9.37. The largest absolute Gasteiger partial charge is 2.00 e. The van der Waals surface area contributed by atoms with Gasteiger partial charge in [0, 0.05) is 35.3 Å². The average Bonchev–Trinajstić information content (AvgIpc) is 3.25. The summed E-state index contributed by atoms with van der Waals surface area (Å²) in [4.78, 5) is 18.5. The number of aromatic nitrogens is 5. The molecule has 0 atom stereocenters. The van der Waals surface area contributed by atoms with Gasteiger partial charge in [0.15, 0.2) is 8.07 Å². The van der Waals surface area contributed by atoms with Crippen molar-refractivity contribution in [1.82, 2.24) is 24.5 Å². The van der Waals surface area contributed by atoms with E-state index in [0.717, 1.165) is 35.4 Å². The maximum absolute atomic E-state index is 14.8. The van der Waals surface area contributed by atoms with Crippen LogP contribution < -0.4 is 10.6 Å². The molecule has 0 aliphatic carbocycles. The van der Waals surface area contributed by atoms with Crippen LogP contribution in [-0.4, -0.2) is 32.6 Å². The molecule has 0 spiro atoms. The molecule has 0 unspecified atom stereocenters. The summed E-state index contributed by atoms with van der Waals surface area (Å²) in [5.74, 6) is -0.885. The number of nitrogens with zero attached hydrogens (tertiary/aromatic N) is 6. The molecule has 0 aliphatic rings. The fourth-order valence-corrected chi connectivity index (χ4v) is 5.96. The van der Waals surface area contributed by atoms with E-state index in [9.17, 15) is 8.78 Å². The molecule has 3 aromatic heterocycles. The first-order chi connectivity index (χ1) is 17.4. The molecule has 198 valence electrons. The van der Waals surface area contributed by atoms with E-state index in [2.05, 4.69) is 56.1 Å². The maximum Gasteiger partial charge on any atom is 2.00 e. The molecule has 0 saturated heterocycles. The summed E-state index contributed by atoms with van der Waals surface area (Å²) in [6, 6.07) is 10.9. The Morgan fingerprint density at radius 1 is 1.13 bits per heavy atom. The normalized spacial score (nSPS) is 11.7. The van der Waals surface area contributed by atoms with Gasteiger partial charge in [0.05, 0.1) is 23.5 Å². The van der Waals surface area contributed by atoms with Crippen LogP contribution in [0.4, 0.5) is 8.78 Å². The number of hydrogen-bond acceptors (Lipinski definition) is 5. The van der Waals surface area contributed by atoms with Crippen LogP contribution in [0.3, 0.4) is 0 Å². The Kier molecular flexibility index (Phi) is 8.80. The zero-order valence-electron chi connectivity index (χ0n) is 22.1. The molecule has 38 heavy (non-hydrogen) atoms.